The largest absolute Gasteiger partial charge is 0.457 e. The number of rotatable bonds is 7. The third-order valence-electron chi connectivity index (χ3n) is 7.52. The lowest BCUT2D eigenvalue weighted by Gasteiger charge is -2.41. The molecule has 1 atom stereocenters. The van der Waals surface area contributed by atoms with Gasteiger partial charge in [-0.1, -0.05) is 78.9 Å². The monoisotopic (exact) mass is 559 g/mol. The van der Waals surface area contributed by atoms with Gasteiger partial charge in [-0.2, -0.15) is 0 Å². The van der Waals surface area contributed by atoms with Gasteiger partial charge in [-0.3, -0.25) is 19.8 Å². The van der Waals surface area contributed by atoms with Gasteiger partial charge in [0, 0.05) is 31.9 Å². The number of guanidine groups is 1. The number of anilines is 1. The standard InChI is InChI=1S/C34H33N5O3/c40-31-24-30(33(41)35-27-16-18-29(19-17-27)42-28-14-8-3-9-15-28)36-34(37-31)39-22-20-38(21-23-39)32(25-10-4-1-5-11-25)26-12-6-2-7-13-26/h1-19,30,32H,20-24H2,(H,35,41)(H,36,37,40)/t30-/m1/s1. The fraction of sp³-hybridized carbons (Fsp3) is 0.206. The minimum atomic E-state index is -0.798. The van der Waals surface area contributed by atoms with Crippen LogP contribution in [-0.2, 0) is 9.59 Å². The Balaban J connectivity index is 1.09. The molecule has 2 amide bonds. The summed E-state index contributed by atoms with van der Waals surface area (Å²) in [6.07, 6.45) is 0.00852. The first-order valence-electron chi connectivity index (χ1n) is 14.2. The van der Waals surface area contributed by atoms with E-state index in [2.05, 4.69) is 74.0 Å². The van der Waals surface area contributed by atoms with Crippen molar-refractivity contribution in [3.8, 4) is 11.5 Å². The summed E-state index contributed by atoms with van der Waals surface area (Å²) in [5, 5.41) is 5.79. The lowest BCUT2D eigenvalue weighted by atomic mass is 9.96. The van der Waals surface area contributed by atoms with Crippen molar-refractivity contribution in [1.29, 1.82) is 0 Å². The third kappa shape index (κ3) is 6.50. The Morgan fingerprint density at radius 2 is 1.31 bits per heavy atom. The summed E-state index contributed by atoms with van der Waals surface area (Å²) in [4.78, 5) is 34.9. The molecule has 8 nitrogen and oxygen atoms in total. The zero-order chi connectivity index (χ0) is 28.7. The number of hydrogen-bond acceptors (Lipinski definition) is 6. The van der Waals surface area contributed by atoms with E-state index in [0.29, 0.717) is 30.5 Å². The van der Waals surface area contributed by atoms with Crippen molar-refractivity contribution in [2.75, 3.05) is 31.5 Å². The fourth-order valence-corrected chi connectivity index (χ4v) is 5.42. The number of carbonyl (C=O) groups excluding carboxylic acids is 2. The van der Waals surface area contributed by atoms with Gasteiger partial charge in [-0.25, -0.2) is 4.99 Å². The second kappa shape index (κ2) is 12.7. The highest BCUT2D eigenvalue weighted by atomic mass is 16.5. The van der Waals surface area contributed by atoms with Gasteiger partial charge in [-0.05, 0) is 47.5 Å². The summed E-state index contributed by atoms with van der Waals surface area (Å²) in [6.45, 7) is 2.95. The summed E-state index contributed by atoms with van der Waals surface area (Å²) >= 11 is 0. The summed E-state index contributed by atoms with van der Waals surface area (Å²) < 4.78 is 5.83. The number of nitrogens with one attached hydrogen (secondary N) is 2. The number of para-hydroxylation sites is 1. The molecule has 0 radical (unpaired) electrons. The van der Waals surface area contributed by atoms with E-state index in [4.69, 9.17) is 4.74 Å². The summed E-state index contributed by atoms with van der Waals surface area (Å²) in [7, 11) is 0. The molecule has 0 unspecified atom stereocenters. The topological polar surface area (TPSA) is 86.3 Å². The molecule has 1 saturated heterocycles. The third-order valence-corrected chi connectivity index (χ3v) is 7.52. The van der Waals surface area contributed by atoms with Crippen LogP contribution < -0.4 is 15.4 Å². The van der Waals surface area contributed by atoms with Crippen molar-refractivity contribution in [3.05, 3.63) is 126 Å². The molecule has 0 aromatic heterocycles. The van der Waals surface area contributed by atoms with E-state index < -0.39 is 6.04 Å². The van der Waals surface area contributed by atoms with Crippen LogP contribution >= 0.6 is 0 Å². The number of nitrogens with zero attached hydrogens (tertiary/aromatic N) is 3. The Morgan fingerprint density at radius 1 is 0.762 bits per heavy atom. The second-order valence-corrected chi connectivity index (χ2v) is 10.4. The maximum absolute atomic E-state index is 13.1. The van der Waals surface area contributed by atoms with Gasteiger partial charge in [0.25, 0.3) is 0 Å². The zero-order valence-corrected chi connectivity index (χ0v) is 23.2. The number of benzene rings is 4. The molecule has 2 aliphatic heterocycles. The lowest BCUT2D eigenvalue weighted by Crippen LogP contribution is -2.56. The van der Waals surface area contributed by atoms with Crippen molar-refractivity contribution in [2.45, 2.75) is 18.5 Å². The Morgan fingerprint density at radius 3 is 1.90 bits per heavy atom. The molecule has 4 aromatic carbocycles. The molecule has 8 heteroatoms. The molecule has 6 rings (SSSR count). The molecular weight excluding hydrogens is 526 g/mol. The SMILES string of the molecule is O=C1C[C@H](C(=O)Nc2ccc(Oc3ccccc3)cc2)N=C(N2CCN(C(c3ccccc3)c3ccccc3)CC2)N1. The summed E-state index contributed by atoms with van der Waals surface area (Å²) in [6, 6.07) is 37.0. The normalized spacial score (nSPS) is 17.4. The maximum atomic E-state index is 13.1. The van der Waals surface area contributed by atoms with Crippen LogP contribution in [0, 0.1) is 0 Å². The first kappa shape index (κ1) is 27.2. The minimum Gasteiger partial charge on any atom is -0.457 e. The van der Waals surface area contributed by atoms with Crippen molar-refractivity contribution in [3.63, 3.8) is 0 Å². The van der Waals surface area contributed by atoms with Crippen LogP contribution in [-0.4, -0.2) is 59.8 Å². The number of piperazine rings is 1. The fourth-order valence-electron chi connectivity index (χ4n) is 5.42. The van der Waals surface area contributed by atoms with E-state index >= 15 is 0 Å². The first-order valence-corrected chi connectivity index (χ1v) is 14.2. The summed E-state index contributed by atoms with van der Waals surface area (Å²) in [5.41, 5.74) is 3.11. The molecule has 2 N–H and O–H groups in total. The molecule has 212 valence electrons. The Labute approximate surface area is 245 Å². The van der Waals surface area contributed by atoms with E-state index in [0.717, 1.165) is 18.8 Å². The Bertz CT molecular complexity index is 1480. The zero-order valence-electron chi connectivity index (χ0n) is 23.2. The highest BCUT2D eigenvalue weighted by molar-refractivity contribution is 6.06. The predicted octanol–water partition coefficient (Wildman–Crippen LogP) is 5.07. The molecule has 0 bridgehead atoms. The number of ether oxygens (including phenoxy) is 1. The maximum Gasteiger partial charge on any atom is 0.249 e. The lowest BCUT2D eigenvalue weighted by molar-refractivity contribution is -0.125. The average molecular weight is 560 g/mol. The van der Waals surface area contributed by atoms with Gasteiger partial charge in [-0.15, -0.1) is 0 Å². The Hall–Kier alpha value is -4.95. The highest BCUT2D eigenvalue weighted by Gasteiger charge is 2.32. The first-order chi connectivity index (χ1) is 20.6. The van der Waals surface area contributed by atoms with E-state index in [1.807, 2.05) is 42.5 Å². The molecule has 0 aliphatic carbocycles. The number of amides is 2. The number of carbonyl (C=O) groups is 2. The molecule has 4 aromatic rings. The van der Waals surface area contributed by atoms with Crippen LogP contribution in [0.15, 0.2) is 120 Å². The minimum absolute atomic E-state index is 0.00852. The highest BCUT2D eigenvalue weighted by Crippen LogP contribution is 2.30. The van der Waals surface area contributed by atoms with Gasteiger partial charge >= 0.3 is 0 Å². The van der Waals surface area contributed by atoms with Crippen molar-refractivity contribution in [2.24, 2.45) is 4.99 Å². The summed E-state index contributed by atoms with van der Waals surface area (Å²) in [5.74, 6) is 1.35. The number of hydrogen-bond donors (Lipinski definition) is 2. The van der Waals surface area contributed by atoms with E-state index in [1.54, 1.807) is 24.3 Å². The quantitative estimate of drug-likeness (QED) is 0.330. The van der Waals surface area contributed by atoms with E-state index in [-0.39, 0.29) is 24.3 Å². The van der Waals surface area contributed by atoms with Gasteiger partial charge in [0.15, 0.2) is 0 Å². The van der Waals surface area contributed by atoms with Crippen molar-refractivity contribution in [1.82, 2.24) is 15.1 Å². The van der Waals surface area contributed by atoms with Crippen LogP contribution in [0.4, 0.5) is 5.69 Å². The van der Waals surface area contributed by atoms with Gasteiger partial charge < -0.3 is 15.0 Å². The van der Waals surface area contributed by atoms with Crippen LogP contribution in [0.2, 0.25) is 0 Å². The van der Waals surface area contributed by atoms with Crippen molar-refractivity contribution < 1.29 is 14.3 Å². The molecule has 0 spiro atoms. The van der Waals surface area contributed by atoms with Gasteiger partial charge in [0.2, 0.25) is 17.8 Å². The van der Waals surface area contributed by atoms with Gasteiger partial charge in [0.05, 0.1) is 12.5 Å². The predicted molar refractivity (Wildman–Crippen MR) is 163 cm³/mol. The van der Waals surface area contributed by atoms with Crippen LogP contribution in [0.1, 0.15) is 23.6 Å². The smallest absolute Gasteiger partial charge is 0.249 e. The van der Waals surface area contributed by atoms with Crippen LogP contribution in [0.5, 0.6) is 11.5 Å². The molecule has 0 saturated carbocycles. The van der Waals surface area contributed by atoms with Crippen molar-refractivity contribution >= 4 is 23.5 Å². The van der Waals surface area contributed by atoms with E-state index in [1.165, 1.54) is 11.1 Å². The molecule has 2 aliphatic rings. The molecule has 42 heavy (non-hydrogen) atoms. The number of aliphatic imine (C=N–C) groups is 1. The molecule has 2 heterocycles. The Kier molecular flexibility index (Phi) is 8.23. The molecular formula is C34H33N5O3. The van der Waals surface area contributed by atoms with E-state index in [9.17, 15) is 9.59 Å². The average Bonchev–Trinajstić information content (AvgIpc) is 3.04. The van der Waals surface area contributed by atoms with Crippen LogP contribution in [0.3, 0.4) is 0 Å². The van der Waals surface area contributed by atoms with Gasteiger partial charge in [0.1, 0.15) is 17.5 Å². The van der Waals surface area contributed by atoms with Crippen LogP contribution in [0.25, 0.3) is 0 Å². The molecule has 1 fully saturated rings. The second-order valence-electron chi connectivity index (χ2n) is 10.4.